The third-order valence-electron chi connectivity index (χ3n) is 4.99. The van der Waals surface area contributed by atoms with E-state index in [-0.39, 0.29) is 23.1 Å². The first kappa shape index (κ1) is 18.7. The van der Waals surface area contributed by atoms with Gasteiger partial charge in [-0.3, -0.25) is 14.4 Å². The number of hydrogen-bond acceptors (Lipinski definition) is 4. The first-order chi connectivity index (χ1) is 14.1. The predicted molar refractivity (Wildman–Crippen MR) is 107 cm³/mol. The van der Waals surface area contributed by atoms with Crippen LogP contribution in [0.4, 0.5) is 0 Å². The second-order valence-corrected chi connectivity index (χ2v) is 6.88. The SMILES string of the molecule is O=C(c1ccc(-n2cccc2)cc1)N1CCCN(C(=O)c2ccc(=O)[nH]n2)CC1. The molecule has 1 aliphatic heterocycles. The van der Waals surface area contributed by atoms with Gasteiger partial charge in [0.15, 0.2) is 0 Å². The second kappa shape index (κ2) is 8.14. The molecular formula is C21H21N5O3. The Morgan fingerprint density at radius 3 is 2.10 bits per heavy atom. The van der Waals surface area contributed by atoms with E-state index in [0.29, 0.717) is 38.2 Å². The zero-order valence-corrected chi connectivity index (χ0v) is 15.8. The lowest BCUT2D eigenvalue weighted by Crippen LogP contribution is -2.37. The van der Waals surface area contributed by atoms with Gasteiger partial charge in [-0.2, -0.15) is 5.10 Å². The summed E-state index contributed by atoms with van der Waals surface area (Å²) in [6, 6.07) is 14.1. The fraction of sp³-hybridized carbons (Fsp3) is 0.238. The molecule has 0 atom stereocenters. The van der Waals surface area contributed by atoms with Crippen molar-refractivity contribution in [2.45, 2.75) is 6.42 Å². The van der Waals surface area contributed by atoms with E-state index in [9.17, 15) is 14.4 Å². The van der Waals surface area contributed by atoms with Gasteiger partial charge < -0.3 is 14.4 Å². The van der Waals surface area contributed by atoms with Gasteiger partial charge in [-0.1, -0.05) is 0 Å². The molecule has 1 saturated heterocycles. The number of amides is 2. The van der Waals surface area contributed by atoms with E-state index in [0.717, 1.165) is 5.69 Å². The minimum absolute atomic E-state index is 0.0412. The van der Waals surface area contributed by atoms with Crippen LogP contribution >= 0.6 is 0 Å². The molecule has 29 heavy (non-hydrogen) atoms. The van der Waals surface area contributed by atoms with E-state index >= 15 is 0 Å². The van der Waals surface area contributed by atoms with Gasteiger partial charge in [0, 0.05) is 55.9 Å². The van der Waals surface area contributed by atoms with Crippen molar-refractivity contribution in [2.24, 2.45) is 0 Å². The quantitative estimate of drug-likeness (QED) is 0.733. The minimum atomic E-state index is -0.350. The van der Waals surface area contributed by atoms with E-state index in [1.54, 1.807) is 9.80 Å². The number of aromatic nitrogens is 3. The number of rotatable bonds is 3. The molecule has 2 aromatic heterocycles. The Bertz CT molecular complexity index is 1040. The van der Waals surface area contributed by atoms with Crippen molar-refractivity contribution in [3.63, 3.8) is 0 Å². The Morgan fingerprint density at radius 1 is 0.828 bits per heavy atom. The molecule has 3 heterocycles. The highest BCUT2D eigenvalue weighted by Crippen LogP contribution is 2.14. The van der Waals surface area contributed by atoms with Gasteiger partial charge in [0.25, 0.3) is 17.4 Å². The molecule has 0 aliphatic carbocycles. The number of nitrogens with one attached hydrogen (secondary N) is 1. The smallest absolute Gasteiger partial charge is 0.274 e. The lowest BCUT2D eigenvalue weighted by Gasteiger charge is -2.22. The lowest BCUT2D eigenvalue weighted by atomic mass is 10.1. The Morgan fingerprint density at radius 2 is 1.48 bits per heavy atom. The highest BCUT2D eigenvalue weighted by Gasteiger charge is 2.24. The summed E-state index contributed by atoms with van der Waals surface area (Å²) in [7, 11) is 0. The lowest BCUT2D eigenvalue weighted by molar-refractivity contribution is 0.0715. The molecule has 0 radical (unpaired) electrons. The third-order valence-corrected chi connectivity index (χ3v) is 4.99. The fourth-order valence-electron chi connectivity index (χ4n) is 3.41. The summed E-state index contributed by atoms with van der Waals surface area (Å²) >= 11 is 0. The number of carbonyl (C=O) groups is 2. The molecule has 2 amide bonds. The fourth-order valence-corrected chi connectivity index (χ4v) is 3.41. The molecular weight excluding hydrogens is 370 g/mol. The van der Waals surface area contributed by atoms with Crippen LogP contribution in [0.3, 0.4) is 0 Å². The van der Waals surface area contributed by atoms with Crippen LogP contribution in [0.5, 0.6) is 0 Å². The summed E-state index contributed by atoms with van der Waals surface area (Å²) in [5, 5.41) is 6.08. The predicted octanol–water partition coefficient (Wildman–Crippen LogP) is 1.55. The molecule has 0 saturated carbocycles. The highest BCUT2D eigenvalue weighted by molar-refractivity contribution is 5.95. The van der Waals surface area contributed by atoms with Gasteiger partial charge in [0.1, 0.15) is 5.69 Å². The van der Waals surface area contributed by atoms with Crippen molar-refractivity contribution in [1.82, 2.24) is 24.6 Å². The van der Waals surface area contributed by atoms with E-state index in [2.05, 4.69) is 10.2 Å². The van der Waals surface area contributed by atoms with Crippen LogP contribution in [0.25, 0.3) is 5.69 Å². The molecule has 3 aromatic rings. The first-order valence-corrected chi connectivity index (χ1v) is 9.49. The van der Waals surface area contributed by atoms with Crippen LogP contribution in [-0.4, -0.2) is 62.6 Å². The molecule has 4 rings (SSSR count). The standard InChI is InChI=1S/C21H21N5O3/c27-19-9-8-18(22-23-19)21(29)26-13-3-12-25(14-15-26)20(28)16-4-6-17(7-5-16)24-10-1-2-11-24/h1-2,4-11H,3,12-15H2,(H,23,27). The largest absolute Gasteiger partial charge is 0.337 e. The Kier molecular flexibility index (Phi) is 5.24. The minimum Gasteiger partial charge on any atom is -0.337 e. The van der Waals surface area contributed by atoms with Gasteiger partial charge in [0.05, 0.1) is 0 Å². The Hall–Kier alpha value is -3.68. The van der Waals surface area contributed by atoms with Gasteiger partial charge >= 0.3 is 0 Å². The van der Waals surface area contributed by atoms with Crippen molar-refractivity contribution in [2.75, 3.05) is 26.2 Å². The molecule has 8 nitrogen and oxygen atoms in total. The summed E-state index contributed by atoms with van der Waals surface area (Å²) in [5.41, 5.74) is 1.47. The summed E-state index contributed by atoms with van der Waals surface area (Å²) in [6.07, 6.45) is 4.59. The molecule has 0 spiro atoms. The van der Waals surface area contributed by atoms with E-state index in [1.807, 2.05) is 53.4 Å². The number of benzene rings is 1. The molecule has 148 valence electrons. The summed E-state index contributed by atoms with van der Waals surface area (Å²) < 4.78 is 1.98. The number of H-pyrrole nitrogens is 1. The van der Waals surface area contributed by atoms with Gasteiger partial charge in [0.2, 0.25) is 0 Å². The van der Waals surface area contributed by atoms with Crippen molar-refractivity contribution < 1.29 is 9.59 Å². The summed E-state index contributed by atoms with van der Waals surface area (Å²) in [4.78, 5) is 40.1. The average molecular weight is 391 g/mol. The maximum atomic E-state index is 12.9. The summed E-state index contributed by atoms with van der Waals surface area (Å²) in [5.74, 6) is -0.285. The molecule has 1 aliphatic rings. The maximum Gasteiger partial charge on any atom is 0.274 e. The summed E-state index contributed by atoms with van der Waals surface area (Å²) in [6.45, 7) is 2.00. The molecule has 0 unspecified atom stereocenters. The van der Waals surface area contributed by atoms with Crippen LogP contribution in [0, 0.1) is 0 Å². The van der Waals surface area contributed by atoms with E-state index in [1.165, 1.54) is 12.1 Å². The first-order valence-electron chi connectivity index (χ1n) is 9.49. The topological polar surface area (TPSA) is 91.3 Å². The molecule has 1 fully saturated rings. The Labute approximate surface area is 167 Å². The van der Waals surface area contributed by atoms with Crippen LogP contribution in [0.2, 0.25) is 0 Å². The maximum absolute atomic E-state index is 12.9. The van der Waals surface area contributed by atoms with Crippen LogP contribution in [-0.2, 0) is 0 Å². The van der Waals surface area contributed by atoms with Gasteiger partial charge in [-0.25, -0.2) is 5.10 Å². The van der Waals surface area contributed by atoms with E-state index in [4.69, 9.17) is 0 Å². The normalized spacial score (nSPS) is 14.5. The average Bonchev–Trinajstić information content (AvgIpc) is 3.18. The van der Waals surface area contributed by atoms with Gasteiger partial charge in [-0.05, 0) is 48.9 Å². The van der Waals surface area contributed by atoms with Gasteiger partial charge in [-0.15, -0.1) is 0 Å². The van der Waals surface area contributed by atoms with Crippen LogP contribution < -0.4 is 5.56 Å². The van der Waals surface area contributed by atoms with E-state index < -0.39 is 0 Å². The highest BCUT2D eigenvalue weighted by atomic mass is 16.2. The third kappa shape index (κ3) is 4.11. The van der Waals surface area contributed by atoms with Crippen molar-refractivity contribution in [3.05, 3.63) is 82.5 Å². The Balaban J connectivity index is 1.41. The molecule has 8 heteroatoms. The zero-order valence-electron chi connectivity index (χ0n) is 15.8. The number of hydrogen-bond donors (Lipinski definition) is 1. The number of nitrogens with zero attached hydrogens (tertiary/aromatic N) is 4. The van der Waals surface area contributed by atoms with Crippen LogP contribution in [0.1, 0.15) is 27.3 Å². The number of aromatic amines is 1. The zero-order chi connectivity index (χ0) is 20.2. The molecule has 0 bridgehead atoms. The van der Waals surface area contributed by atoms with Crippen molar-refractivity contribution in [3.8, 4) is 5.69 Å². The van der Waals surface area contributed by atoms with Crippen molar-refractivity contribution >= 4 is 11.8 Å². The van der Waals surface area contributed by atoms with Crippen LogP contribution in [0.15, 0.2) is 65.7 Å². The second-order valence-electron chi connectivity index (χ2n) is 6.88. The number of carbonyl (C=O) groups excluding carboxylic acids is 2. The molecule has 1 N–H and O–H groups in total. The van der Waals surface area contributed by atoms with Crippen molar-refractivity contribution in [1.29, 1.82) is 0 Å². The molecule has 1 aromatic carbocycles. The monoisotopic (exact) mass is 391 g/mol.